The van der Waals surface area contributed by atoms with E-state index in [9.17, 15) is 0 Å². The van der Waals surface area contributed by atoms with Crippen LogP contribution in [0, 0.1) is 11.3 Å². The van der Waals surface area contributed by atoms with Crippen molar-refractivity contribution in [1.29, 1.82) is 5.26 Å². The van der Waals surface area contributed by atoms with Gasteiger partial charge in [0, 0.05) is 6.61 Å². The molecule has 0 N–H and O–H groups in total. The van der Waals surface area contributed by atoms with Crippen LogP contribution in [0.2, 0.25) is 18.1 Å². The van der Waals surface area contributed by atoms with Crippen molar-refractivity contribution in [2.24, 2.45) is 0 Å². The summed E-state index contributed by atoms with van der Waals surface area (Å²) >= 11 is 0. The standard InChI is InChI=1S/C8H15NOSi/c1-2-11(8-5-9)7-4-3-6-10-11/h2-4,6-8H2,1H3. The van der Waals surface area contributed by atoms with E-state index in [-0.39, 0.29) is 0 Å². The predicted molar refractivity (Wildman–Crippen MR) is 46.6 cm³/mol. The molecule has 0 aliphatic carbocycles. The first-order valence-corrected chi connectivity index (χ1v) is 6.87. The molecule has 1 fully saturated rings. The van der Waals surface area contributed by atoms with Gasteiger partial charge >= 0.3 is 0 Å². The summed E-state index contributed by atoms with van der Waals surface area (Å²) in [4.78, 5) is 0. The number of rotatable bonds is 2. The normalized spacial score (nSPS) is 31.3. The lowest BCUT2D eigenvalue weighted by Gasteiger charge is -2.31. The first kappa shape index (κ1) is 8.76. The third kappa shape index (κ3) is 2.05. The van der Waals surface area contributed by atoms with Crippen molar-refractivity contribution in [2.45, 2.75) is 37.9 Å². The van der Waals surface area contributed by atoms with Crippen molar-refractivity contribution in [3.8, 4) is 6.07 Å². The lowest BCUT2D eigenvalue weighted by atomic mass is 10.4. The molecule has 1 unspecified atom stereocenters. The van der Waals surface area contributed by atoms with E-state index in [0.717, 1.165) is 12.7 Å². The summed E-state index contributed by atoms with van der Waals surface area (Å²) in [5, 5.41) is 8.62. The van der Waals surface area contributed by atoms with Gasteiger partial charge in [-0.05, 0) is 18.5 Å². The lowest BCUT2D eigenvalue weighted by Crippen LogP contribution is -2.39. The maximum atomic E-state index is 8.62. The van der Waals surface area contributed by atoms with Crippen molar-refractivity contribution in [3.63, 3.8) is 0 Å². The zero-order valence-corrected chi connectivity index (χ0v) is 8.10. The van der Waals surface area contributed by atoms with E-state index in [0.29, 0.717) is 6.04 Å². The molecule has 3 heteroatoms. The Labute approximate surface area is 69.3 Å². The molecule has 1 rings (SSSR count). The van der Waals surface area contributed by atoms with Gasteiger partial charge in [0.1, 0.15) is 0 Å². The van der Waals surface area contributed by atoms with Crippen molar-refractivity contribution in [3.05, 3.63) is 0 Å². The van der Waals surface area contributed by atoms with Crippen LogP contribution in [0.25, 0.3) is 0 Å². The van der Waals surface area contributed by atoms with Crippen LogP contribution in [-0.4, -0.2) is 14.9 Å². The van der Waals surface area contributed by atoms with Crippen molar-refractivity contribution in [1.82, 2.24) is 0 Å². The summed E-state index contributed by atoms with van der Waals surface area (Å²) in [6.45, 7) is 3.07. The van der Waals surface area contributed by atoms with Crippen LogP contribution in [0.1, 0.15) is 19.8 Å². The van der Waals surface area contributed by atoms with E-state index in [4.69, 9.17) is 9.69 Å². The molecule has 0 spiro atoms. The Morgan fingerprint density at radius 3 is 2.82 bits per heavy atom. The second-order valence-corrected chi connectivity index (χ2v) is 7.39. The minimum atomic E-state index is -1.52. The molecule has 1 atom stereocenters. The van der Waals surface area contributed by atoms with E-state index in [1.165, 1.54) is 18.9 Å². The lowest BCUT2D eigenvalue weighted by molar-refractivity contribution is 0.268. The maximum Gasteiger partial charge on any atom is 0.206 e. The summed E-state index contributed by atoms with van der Waals surface area (Å²) in [5.74, 6) is 0. The molecular formula is C8H15NOSi. The maximum absolute atomic E-state index is 8.62. The largest absolute Gasteiger partial charge is 0.416 e. The van der Waals surface area contributed by atoms with Gasteiger partial charge in [0.05, 0.1) is 12.1 Å². The third-order valence-corrected chi connectivity index (χ3v) is 6.65. The summed E-state index contributed by atoms with van der Waals surface area (Å²) in [7, 11) is -1.52. The summed E-state index contributed by atoms with van der Waals surface area (Å²) in [5.41, 5.74) is 0. The van der Waals surface area contributed by atoms with E-state index in [1.54, 1.807) is 0 Å². The second kappa shape index (κ2) is 3.89. The molecule has 1 aliphatic rings. The number of hydrogen-bond acceptors (Lipinski definition) is 2. The molecule has 62 valence electrons. The van der Waals surface area contributed by atoms with Gasteiger partial charge in [0.15, 0.2) is 0 Å². The van der Waals surface area contributed by atoms with E-state index in [1.807, 2.05) is 0 Å². The highest BCUT2D eigenvalue weighted by Gasteiger charge is 2.34. The van der Waals surface area contributed by atoms with Crippen molar-refractivity contribution < 1.29 is 4.43 Å². The minimum absolute atomic E-state index is 0.698. The predicted octanol–water partition coefficient (Wildman–Crippen LogP) is 2.29. The molecule has 0 bridgehead atoms. The van der Waals surface area contributed by atoms with Crippen LogP contribution < -0.4 is 0 Å². The van der Waals surface area contributed by atoms with Gasteiger partial charge in [-0.25, -0.2) is 0 Å². The van der Waals surface area contributed by atoms with Crippen LogP contribution in [0.4, 0.5) is 0 Å². The molecule has 0 saturated carbocycles. The third-order valence-electron chi connectivity index (χ3n) is 2.48. The van der Waals surface area contributed by atoms with Crippen LogP contribution in [0.15, 0.2) is 0 Å². The highest BCUT2D eigenvalue weighted by atomic mass is 28.4. The number of hydrogen-bond donors (Lipinski definition) is 0. The first-order valence-electron chi connectivity index (χ1n) is 4.34. The fraction of sp³-hybridized carbons (Fsp3) is 0.875. The molecule has 1 saturated heterocycles. The Morgan fingerprint density at radius 1 is 1.55 bits per heavy atom. The van der Waals surface area contributed by atoms with Gasteiger partial charge in [-0.15, -0.1) is 0 Å². The van der Waals surface area contributed by atoms with Crippen molar-refractivity contribution in [2.75, 3.05) is 6.61 Å². The van der Waals surface area contributed by atoms with E-state index in [2.05, 4.69) is 13.0 Å². The molecule has 1 aliphatic heterocycles. The molecule has 0 aromatic carbocycles. The topological polar surface area (TPSA) is 33.0 Å². The smallest absolute Gasteiger partial charge is 0.206 e. The van der Waals surface area contributed by atoms with Crippen LogP contribution in [0.5, 0.6) is 0 Å². The van der Waals surface area contributed by atoms with Gasteiger partial charge in [-0.2, -0.15) is 5.26 Å². The Morgan fingerprint density at radius 2 is 2.36 bits per heavy atom. The Bertz CT molecular complexity index is 158. The highest BCUT2D eigenvalue weighted by molar-refractivity contribution is 6.74. The van der Waals surface area contributed by atoms with Crippen LogP contribution >= 0.6 is 0 Å². The Hall–Kier alpha value is -0.333. The Kier molecular flexibility index (Phi) is 3.10. The number of nitrogens with zero attached hydrogens (tertiary/aromatic N) is 1. The van der Waals surface area contributed by atoms with E-state index < -0.39 is 8.32 Å². The summed E-state index contributed by atoms with van der Waals surface area (Å²) < 4.78 is 5.77. The molecule has 0 amide bonds. The molecule has 1 heterocycles. The monoisotopic (exact) mass is 169 g/mol. The molecular weight excluding hydrogens is 154 g/mol. The van der Waals surface area contributed by atoms with Gasteiger partial charge in [0.25, 0.3) is 0 Å². The second-order valence-electron chi connectivity index (χ2n) is 3.18. The quantitative estimate of drug-likeness (QED) is 0.594. The minimum Gasteiger partial charge on any atom is -0.416 e. The zero-order valence-electron chi connectivity index (χ0n) is 7.10. The highest BCUT2D eigenvalue weighted by Crippen LogP contribution is 2.28. The first-order chi connectivity index (χ1) is 5.33. The average Bonchev–Trinajstić information content (AvgIpc) is 2.07. The fourth-order valence-electron chi connectivity index (χ4n) is 1.60. The van der Waals surface area contributed by atoms with Gasteiger partial charge < -0.3 is 4.43 Å². The molecule has 0 radical (unpaired) electrons. The molecule has 0 aromatic rings. The molecule has 2 nitrogen and oxygen atoms in total. The van der Waals surface area contributed by atoms with Crippen molar-refractivity contribution >= 4 is 8.32 Å². The molecule has 0 aromatic heterocycles. The zero-order chi connectivity index (χ0) is 8.16. The average molecular weight is 169 g/mol. The van der Waals surface area contributed by atoms with E-state index >= 15 is 0 Å². The number of nitriles is 1. The SMILES string of the molecule is CC[Si]1(CC#N)CCCCO1. The summed E-state index contributed by atoms with van der Waals surface area (Å²) in [6.07, 6.45) is 2.47. The van der Waals surface area contributed by atoms with Crippen LogP contribution in [0.3, 0.4) is 0 Å². The summed E-state index contributed by atoms with van der Waals surface area (Å²) in [6, 6.07) is 5.28. The van der Waals surface area contributed by atoms with Gasteiger partial charge in [-0.1, -0.05) is 13.3 Å². The Balaban J connectivity index is 2.51. The molecule has 11 heavy (non-hydrogen) atoms. The fourth-order valence-corrected chi connectivity index (χ4v) is 4.59. The van der Waals surface area contributed by atoms with Gasteiger partial charge in [-0.3, -0.25) is 0 Å². The van der Waals surface area contributed by atoms with Crippen LogP contribution in [-0.2, 0) is 4.43 Å². The van der Waals surface area contributed by atoms with Gasteiger partial charge in [0.2, 0.25) is 8.32 Å².